The first-order valence-corrected chi connectivity index (χ1v) is 8.60. The Morgan fingerprint density at radius 1 is 1.08 bits per heavy atom. The Balaban J connectivity index is 1.89. The first-order chi connectivity index (χ1) is 11.9. The number of aliphatic carboxylic acids is 1. The van der Waals surface area contributed by atoms with Crippen LogP contribution in [0.25, 0.3) is 0 Å². The van der Waals surface area contributed by atoms with Crippen LogP contribution in [0.3, 0.4) is 0 Å². The van der Waals surface area contributed by atoms with E-state index in [9.17, 15) is 14.7 Å². The molecule has 2 atom stereocenters. The van der Waals surface area contributed by atoms with Crippen LogP contribution in [0.4, 0.5) is 0 Å². The standard InChI is InChI=1S/C20H20ClNO3/c1-12-4-3-5-16(13(12)2)19(23)22-10-17(18(11-22)20(24)25)14-6-8-15(21)9-7-14/h3-9,17-18H,10-11H2,1-2H3,(H,24,25)/t17-,18+/m0/s1. The Labute approximate surface area is 152 Å². The Bertz CT molecular complexity index is 816. The van der Waals surface area contributed by atoms with Gasteiger partial charge < -0.3 is 10.0 Å². The zero-order valence-electron chi connectivity index (χ0n) is 14.2. The van der Waals surface area contributed by atoms with Crippen LogP contribution in [0, 0.1) is 19.8 Å². The van der Waals surface area contributed by atoms with Crippen LogP contribution in [0.2, 0.25) is 5.02 Å². The molecule has 1 saturated heterocycles. The fourth-order valence-corrected chi connectivity index (χ4v) is 3.55. The van der Waals surface area contributed by atoms with Crippen molar-refractivity contribution in [1.29, 1.82) is 0 Å². The molecule has 25 heavy (non-hydrogen) atoms. The van der Waals surface area contributed by atoms with E-state index in [1.165, 1.54) is 0 Å². The summed E-state index contributed by atoms with van der Waals surface area (Å²) < 4.78 is 0. The maximum Gasteiger partial charge on any atom is 0.308 e. The number of carboxylic acids is 1. The minimum atomic E-state index is -0.879. The van der Waals surface area contributed by atoms with Gasteiger partial charge in [-0.1, -0.05) is 35.9 Å². The quantitative estimate of drug-likeness (QED) is 0.906. The molecular weight excluding hydrogens is 338 g/mol. The fraction of sp³-hybridized carbons (Fsp3) is 0.300. The molecule has 0 spiro atoms. The molecule has 1 aliphatic rings. The van der Waals surface area contributed by atoms with Crippen LogP contribution in [-0.4, -0.2) is 35.0 Å². The van der Waals surface area contributed by atoms with Crippen molar-refractivity contribution in [2.24, 2.45) is 5.92 Å². The third-order valence-electron chi connectivity index (χ3n) is 5.06. The van der Waals surface area contributed by atoms with Crippen LogP contribution in [0.5, 0.6) is 0 Å². The SMILES string of the molecule is Cc1cccc(C(=O)N2C[C@@H](C(=O)O)[C@H](c3ccc(Cl)cc3)C2)c1C. The average molecular weight is 358 g/mol. The zero-order chi connectivity index (χ0) is 18.1. The summed E-state index contributed by atoms with van der Waals surface area (Å²) >= 11 is 5.93. The van der Waals surface area contributed by atoms with Crippen LogP contribution >= 0.6 is 11.6 Å². The van der Waals surface area contributed by atoms with E-state index in [0.717, 1.165) is 16.7 Å². The van der Waals surface area contributed by atoms with E-state index in [0.29, 0.717) is 17.1 Å². The van der Waals surface area contributed by atoms with Gasteiger partial charge in [0.2, 0.25) is 0 Å². The van der Waals surface area contributed by atoms with Gasteiger partial charge in [0.05, 0.1) is 5.92 Å². The van der Waals surface area contributed by atoms with Crippen molar-refractivity contribution < 1.29 is 14.7 Å². The van der Waals surface area contributed by atoms with E-state index >= 15 is 0 Å². The fourth-order valence-electron chi connectivity index (χ4n) is 3.42. The van der Waals surface area contributed by atoms with Crippen LogP contribution in [0.1, 0.15) is 33.0 Å². The van der Waals surface area contributed by atoms with E-state index in [-0.39, 0.29) is 18.4 Å². The Hall–Kier alpha value is -2.33. The largest absolute Gasteiger partial charge is 0.481 e. The summed E-state index contributed by atoms with van der Waals surface area (Å²) in [5.74, 6) is -1.83. The number of carboxylic acid groups (broad SMARTS) is 1. The normalized spacial score (nSPS) is 19.9. The van der Waals surface area contributed by atoms with Gasteiger partial charge in [-0.2, -0.15) is 0 Å². The van der Waals surface area contributed by atoms with Crippen LogP contribution in [-0.2, 0) is 4.79 Å². The van der Waals surface area contributed by atoms with Crippen LogP contribution < -0.4 is 0 Å². The monoisotopic (exact) mass is 357 g/mol. The molecule has 1 amide bonds. The van der Waals surface area contributed by atoms with Crippen molar-refractivity contribution >= 4 is 23.5 Å². The lowest BCUT2D eigenvalue weighted by molar-refractivity contribution is -0.141. The van der Waals surface area contributed by atoms with Crippen molar-refractivity contribution in [3.63, 3.8) is 0 Å². The topological polar surface area (TPSA) is 57.6 Å². The molecule has 0 bridgehead atoms. The third kappa shape index (κ3) is 3.40. The Morgan fingerprint density at radius 2 is 1.76 bits per heavy atom. The summed E-state index contributed by atoms with van der Waals surface area (Å²) in [4.78, 5) is 26.3. The molecule has 2 aromatic rings. The van der Waals surface area contributed by atoms with Crippen molar-refractivity contribution in [3.8, 4) is 0 Å². The number of halogens is 1. The molecule has 0 saturated carbocycles. The summed E-state index contributed by atoms with van der Waals surface area (Å²) in [7, 11) is 0. The molecule has 1 N–H and O–H groups in total. The summed E-state index contributed by atoms with van der Waals surface area (Å²) in [6, 6.07) is 12.8. The van der Waals surface area contributed by atoms with Gasteiger partial charge in [-0.15, -0.1) is 0 Å². The molecule has 0 aromatic heterocycles. The lowest BCUT2D eigenvalue weighted by atomic mass is 9.89. The Kier molecular flexibility index (Phi) is 4.82. The predicted molar refractivity (Wildman–Crippen MR) is 97.1 cm³/mol. The average Bonchev–Trinajstić information content (AvgIpc) is 3.03. The molecule has 5 heteroatoms. The number of likely N-dealkylation sites (tertiary alicyclic amines) is 1. The van der Waals surface area contributed by atoms with Gasteiger partial charge in [-0.05, 0) is 48.7 Å². The van der Waals surface area contributed by atoms with Crippen molar-refractivity contribution in [1.82, 2.24) is 4.90 Å². The summed E-state index contributed by atoms with van der Waals surface area (Å²) in [5.41, 5.74) is 3.53. The number of hydrogen-bond acceptors (Lipinski definition) is 2. The van der Waals surface area contributed by atoms with Gasteiger partial charge in [0, 0.05) is 29.6 Å². The van der Waals surface area contributed by atoms with Gasteiger partial charge in [0.1, 0.15) is 0 Å². The molecule has 2 aromatic carbocycles. The predicted octanol–water partition coefficient (Wildman–Crippen LogP) is 3.90. The van der Waals surface area contributed by atoms with E-state index < -0.39 is 11.9 Å². The zero-order valence-corrected chi connectivity index (χ0v) is 15.0. The highest BCUT2D eigenvalue weighted by atomic mass is 35.5. The number of amides is 1. The molecule has 0 radical (unpaired) electrons. The maximum absolute atomic E-state index is 12.9. The molecule has 0 aliphatic carbocycles. The molecular formula is C20H20ClNO3. The maximum atomic E-state index is 12.9. The van der Waals surface area contributed by atoms with E-state index in [1.807, 2.05) is 38.1 Å². The minimum Gasteiger partial charge on any atom is -0.481 e. The van der Waals surface area contributed by atoms with Crippen molar-refractivity contribution in [2.45, 2.75) is 19.8 Å². The number of benzene rings is 2. The molecule has 1 heterocycles. The Morgan fingerprint density at radius 3 is 2.40 bits per heavy atom. The van der Waals surface area contributed by atoms with Gasteiger partial charge >= 0.3 is 5.97 Å². The first-order valence-electron chi connectivity index (χ1n) is 8.22. The number of carbonyl (C=O) groups is 2. The van der Waals surface area contributed by atoms with Crippen molar-refractivity contribution in [2.75, 3.05) is 13.1 Å². The minimum absolute atomic E-state index is 0.107. The molecule has 4 nitrogen and oxygen atoms in total. The molecule has 0 unspecified atom stereocenters. The number of hydrogen-bond donors (Lipinski definition) is 1. The second-order valence-corrected chi connectivity index (χ2v) is 7.00. The van der Waals surface area contributed by atoms with E-state index in [1.54, 1.807) is 23.1 Å². The summed E-state index contributed by atoms with van der Waals surface area (Å²) in [6.07, 6.45) is 0. The first kappa shape index (κ1) is 17.5. The summed E-state index contributed by atoms with van der Waals surface area (Å²) in [5, 5.41) is 10.2. The lowest BCUT2D eigenvalue weighted by Gasteiger charge is -2.18. The van der Waals surface area contributed by atoms with Crippen LogP contribution in [0.15, 0.2) is 42.5 Å². The highest BCUT2D eigenvalue weighted by Gasteiger charge is 2.40. The van der Waals surface area contributed by atoms with Crippen molar-refractivity contribution in [3.05, 3.63) is 69.7 Å². The number of rotatable bonds is 3. The van der Waals surface area contributed by atoms with E-state index in [4.69, 9.17) is 11.6 Å². The van der Waals surface area contributed by atoms with E-state index in [2.05, 4.69) is 0 Å². The number of nitrogens with zero attached hydrogens (tertiary/aromatic N) is 1. The highest BCUT2D eigenvalue weighted by molar-refractivity contribution is 6.30. The van der Waals surface area contributed by atoms with Gasteiger partial charge in [0.15, 0.2) is 0 Å². The smallest absolute Gasteiger partial charge is 0.308 e. The van der Waals surface area contributed by atoms with Gasteiger partial charge in [0.25, 0.3) is 5.91 Å². The second-order valence-electron chi connectivity index (χ2n) is 6.56. The lowest BCUT2D eigenvalue weighted by Crippen LogP contribution is -2.30. The molecule has 130 valence electrons. The highest BCUT2D eigenvalue weighted by Crippen LogP contribution is 2.34. The second kappa shape index (κ2) is 6.89. The van der Waals surface area contributed by atoms with Gasteiger partial charge in [-0.3, -0.25) is 9.59 Å². The molecule has 1 aliphatic heterocycles. The third-order valence-corrected chi connectivity index (χ3v) is 5.31. The molecule has 1 fully saturated rings. The number of carbonyl (C=O) groups excluding carboxylic acids is 1. The summed E-state index contributed by atoms with van der Waals surface area (Å²) in [6.45, 7) is 4.50. The molecule has 3 rings (SSSR count). The number of aryl methyl sites for hydroxylation is 1. The van der Waals surface area contributed by atoms with Gasteiger partial charge in [-0.25, -0.2) is 0 Å².